The zero-order chi connectivity index (χ0) is 16.7. The van der Waals surface area contributed by atoms with Crippen LogP contribution in [-0.2, 0) is 6.54 Å². The Labute approximate surface area is 150 Å². The van der Waals surface area contributed by atoms with Crippen LogP contribution in [0.25, 0.3) is 17.0 Å². The molecule has 1 aromatic carbocycles. The fraction of sp³-hybridized carbons (Fsp3) is 0.263. The highest BCUT2D eigenvalue weighted by Gasteiger charge is 2.29. The van der Waals surface area contributed by atoms with E-state index in [0.717, 1.165) is 23.1 Å². The van der Waals surface area contributed by atoms with E-state index in [4.69, 9.17) is 0 Å². The maximum atomic E-state index is 4.67. The van der Waals surface area contributed by atoms with E-state index < -0.39 is 0 Å². The van der Waals surface area contributed by atoms with Gasteiger partial charge in [-0.1, -0.05) is 12.1 Å². The zero-order valence-electron chi connectivity index (χ0n) is 14.1. The van der Waals surface area contributed by atoms with Crippen LogP contribution in [0.4, 0.5) is 5.00 Å². The third kappa shape index (κ3) is 2.52. The molecule has 4 rings (SSSR count). The summed E-state index contributed by atoms with van der Waals surface area (Å²) in [4.78, 5) is 7.04. The van der Waals surface area contributed by atoms with Gasteiger partial charge in [-0.15, -0.1) is 11.3 Å². The lowest BCUT2D eigenvalue weighted by Crippen LogP contribution is -2.36. The van der Waals surface area contributed by atoms with Crippen LogP contribution >= 0.6 is 23.1 Å². The van der Waals surface area contributed by atoms with Crippen LogP contribution in [0.15, 0.2) is 46.5 Å². The number of para-hydroxylation sites is 1. The first-order chi connectivity index (χ1) is 11.7. The highest BCUT2D eigenvalue weighted by Crippen LogP contribution is 2.49. The summed E-state index contributed by atoms with van der Waals surface area (Å²) in [7, 11) is 0. The number of thiazole rings is 1. The summed E-state index contributed by atoms with van der Waals surface area (Å²) < 4.78 is 2.38. The summed E-state index contributed by atoms with van der Waals surface area (Å²) in [5.41, 5.74) is 2.52. The number of pyridine rings is 1. The van der Waals surface area contributed by atoms with Gasteiger partial charge in [0.2, 0.25) is 11.2 Å². The average molecular weight is 355 g/mol. The van der Waals surface area contributed by atoms with Crippen LogP contribution in [0.2, 0.25) is 0 Å². The van der Waals surface area contributed by atoms with E-state index in [2.05, 4.69) is 77.7 Å². The Morgan fingerprint density at radius 3 is 2.79 bits per heavy atom. The van der Waals surface area contributed by atoms with E-state index in [9.17, 15) is 0 Å². The summed E-state index contributed by atoms with van der Waals surface area (Å²) in [6.45, 7) is 8.40. The molecule has 0 spiro atoms. The molecular weight excluding hydrogens is 334 g/mol. The van der Waals surface area contributed by atoms with Crippen molar-refractivity contribution in [3.63, 3.8) is 0 Å². The first kappa shape index (κ1) is 15.7. The Morgan fingerprint density at radius 1 is 1.17 bits per heavy atom. The quantitative estimate of drug-likeness (QED) is 0.628. The van der Waals surface area contributed by atoms with E-state index in [1.165, 1.54) is 26.6 Å². The van der Waals surface area contributed by atoms with Gasteiger partial charge >= 0.3 is 0 Å². The molecule has 0 radical (unpaired) electrons. The molecule has 0 saturated heterocycles. The minimum absolute atomic E-state index is 0.955. The second-order valence-electron chi connectivity index (χ2n) is 5.73. The number of benzene rings is 1. The first-order valence-corrected chi connectivity index (χ1v) is 9.90. The monoisotopic (exact) mass is 354 g/mol. The molecule has 0 aliphatic carbocycles. The highest BCUT2D eigenvalue weighted by molar-refractivity contribution is 8.04. The second-order valence-corrected chi connectivity index (χ2v) is 7.92. The smallest absolute Gasteiger partial charge is 0.212 e. The number of hydrogen-bond acceptors (Lipinski definition) is 4. The van der Waals surface area contributed by atoms with E-state index >= 15 is 0 Å². The molecule has 0 amide bonds. The molecule has 3 aromatic rings. The molecule has 3 heterocycles. The predicted octanol–water partition coefficient (Wildman–Crippen LogP) is 4.84. The van der Waals surface area contributed by atoms with Gasteiger partial charge in [-0.25, -0.2) is 4.98 Å². The number of nitrogens with zero attached hydrogens (tertiary/aromatic N) is 3. The Morgan fingerprint density at radius 2 is 2.00 bits per heavy atom. The van der Waals surface area contributed by atoms with Gasteiger partial charge < -0.3 is 4.90 Å². The van der Waals surface area contributed by atoms with Crippen LogP contribution in [0.5, 0.6) is 0 Å². The van der Waals surface area contributed by atoms with Gasteiger partial charge in [-0.3, -0.25) is 0 Å². The number of aromatic nitrogens is 2. The van der Waals surface area contributed by atoms with E-state index in [1.807, 2.05) is 0 Å². The molecule has 0 atom stereocenters. The summed E-state index contributed by atoms with van der Waals surface area (Å²) >= 11 is 3.56. The van der Waals surface area contributed by atoms with Crippen molar-refractivity contribution >= 4 is 45.1 Å². The van der Waals surface area contributed by atoms with Gasteiger partial charge in [0.25, 0.3) is 0 Å². The third-order valence-corrected chi connectivity index (χ3v) is 6.42. The molecule has 2 aromatic heterocycles. The van der Waals surface area contributed by atoms with Crippen molar-refractivity contribution in [2.24, 2.45) is 0 Å². The number of rotatable bonds is 3. The van der Waals surface area contributed by atoms with Crippen LogP contribution in [0.1, 0.15) is 24.5 Å². The van der Waals surface area contributed by atoms with Gasteiger partial charge in [0, 0.05) is 30.1 Å². The molecule has 1 aliphatic heterocycles. The Balaban J connectivity index is 1.81. The normalized spacial score (nSPS) is 15.5. The molecular formula is C19H20N3S2+. The third-order valence-electron chi connectivity index (χ3n) is 4.28. The summed E-state index contributed by atoms with van der Waals surface area (Å²) in [5, 5.41) is 6.12. The average Bonchev–Trinajstić information content (AvgIpc) is 3.09. The van der Waals surface area contributed by atoms with Crippen molar-refractivity contribution in [3.05, 3.63) is 52.1 Å². The minimum atomic E-state index is 0.955. The standard InChI is InChI=1S/C19H20N3S2/c1-4-21-15(11-10-14-8-6-7-9-16(14)21)12-17-22(5-2)19-18(24-17)20-13(3)23-19/h6-12H,4-5H2,1-3H3/q+1. The lowest BCUT2D eigenvalue weighted by atomic mass is 10.2. The molecule has 0 unspecified atom stereocenters. The molecule has 0 N–H and O–H groups in total. The molecule has 24 heavy (non-hydrogen) atoms. The second kappa shape index (κ2) is 6.22. The number of thioether (sulfide) groups is 1. The number of anilines is 1. The van der Waals surface area contributed by atoms with Crippen LogP contribution in [-0.4, -0.2) is 11.5 Å². The minimum Gasteiger partial charge on any atom is -0.325 e. The van der Waals surface area contributed by atoms with Gasteiger partial charge in [-0.2, -0.15) is 4.57 Å². The number of aryl methyl sites for hydroxylation is 2. The van der Waals surface area contributed by atoms with Crippen molar-refractivity contribution in [1.82, 2.24) is 4.98 Å². The lowest BCUT2D eigenvalue weighted by molar-refractivity contribution is -0.669. The number of hydrogen-bond donors (Lipinski definition) is 0. The molecule has 5 heteroatoms. The first-order valence-electron chi connectivity index (χ1n) is 8.27. The summed E-state index contributed by atoms with van der Waals surface area (Å²) in [6.07, 6.45) is 2.30. The van der Waals surface area contributed by atoms with Crippen molar-refractivity contribution in [2.75, 3.05) is 11.4 Å². The highest BCUT2D eigenvalue weighted by atomic mass is 32.2. The molecule has 0 bridgehead atoms. The maximum absolute atomic E-state index is 4.67. The van der Waals surface area contributed by atoms with Crippen molar-refractivity contribution in [3.8, 4) is 0 Å². The van der Waals surface area contributed by atoms with Crippen LogP contribution < -0.4 is 9.47 Å². The largest absolute Gasteiger partial charge is 0.325 e. The Hall–Kier alpha value is -1.85. The fourth-order valence-corrected chi connectivity index (χ4v) is 5.52. The van der Waals surface area contributed by atoms with Crippen molar-refractivity contribution < 1.29 is 4.57 Å². The summed E-state index contributed by atoms with van der Waals surface area (Å²) in [5.74, 6) is 0. The molecule has 0 fully saturated rings. The van der Waals surface area contributed by atoms with Gasteiger partial charge in [0.1, 0.15) is 16.6 Å². The molecule has 0 saturated carbocycles. The van der Waals surface area contributed by atoms with E-state index in [0.29, 0.717) is 0 Å². The predicted molar refractivity (Wildman–Crippen MR) is 104 cm³/mol. The SMILES string of the molecule is CCN1/C(=C\c2ccc3ccccc3[n+]2CC)Sc2nc(C)sc21. The topological polar surface area (TPSA) is 20.0 Å². The van der Waals surface area contributed by atoms with E-state index in [1.54, 1.807) is 23.1 Å². The van der Waals surface area contributed by atoms with Crippen molar-refractivity contribution in [2.45, 2.75) is 32.3 Å². The van der Waals surface area contributed by atoms with E-state index in [-0.39, 0.29) is 0 Å². The van der Waals surface area contributed by atoms with Crippen molar-refractivity contribution in [1.29, 1.82) is 0 Å². The van der Waals surface area contributed by atoms with Crippen LogP contribution in [0, 0.1) is 6.92 Å². The van der Waals surface area contributed by atoms with Crippen LogP contribution in [0.3, 0.4) is 0 Å². The van der Waals surface area contributed by atoms with Gasteiger partial charge in [0.05, 0.1) is 10.0 Å². The fourth-order valence-electron chi connectivity index (χ4n) is 3.18. The van der Waals surface area contributed by atoms with Gasteiger partial charge in [0.15, 0.2) is 0 Å². The number of fused-ring (bicyclic) bond motifs is 2. The maximum Gasteiger partial charge on any atom is 0.212 e. The molecule has 122 valence electrons. The molecule has 3 nitrogen and oxygen atoms in total. The summed E-state index contributed by atoms with van der Waals surface area (Å²) in [6, 6.07) is 13.0. The Kier molecular flexibility index (Phi) is 4.06. The van der Waals surface area contributed by atoms with Gasteiger partial charge in [-0.05, 0) is 44.7 Å². The zero-order valence-corrected chi connectivity index (χ0v) is 15.7. The molecule has 1 aliphatic rings. The lowest BCUT2D eigenvalue weighted by Gasteiger charge is -2.16. The Bertz CT molecular complexity index is 943.